The normalized spacial score (nSPS) is 14.4. The summed E-state index contributed by atoms with van der Waals surface area (Å²) >= 11 is 12.6. The van der Waals surface area contributed by atoms with Gasteiger partial charge in [-0.25, -0.2) is 4.40 Å². The van der Waals surface area contributed by atoms with Gasteiger partial charge < -0.3 is 15.8 Å². The van der Waals surface area contributed by atoms with Crippen molar-refractivity contribution in [3.63, 3.8) is 0 Å². The van der Waals surface area contributed by atoms with Crippen LogP contribution in [0.3, 0.4) is 0 Å². The lowest BCUT2D eigenvalue weighted by atomic mass is 9.85. The highest BCUT2D eigenvalue weighted by molar-refractivity contribution is 6.35. The number of carbonyl (C=O) groups excluding carboxylic acids is 1. The Kier molecular flexibility index (Phi) is 6.23. The highest BCUT2D eigenvalue weighted by Gasteiger charge is 2.38. The van der Waals surface area contributed by atoms with Crippen LogP contribution < -0.4 is 21.3 Å². The minimum atomic E-state index is -1.04. The summed E-state index contributed by atoms with van der Waals surface area (Å²) in [6, 6.07) is 24.3. The number of carbonyl (C=O) groups is 1. The third-order valence-electron chi connectivity index (χ3n) is 6.34. The fourth-order valence-corrected chi connectivity index (χ4v) is 5.07. The number of ether oxygens (including phenoxy) is 1. The first-order valence-electron chi connectivity index (χ1n) is 11.9. The average Bonchev–Trinajstić information content (AvgIpc) is 3.33. The van der Waals surface area contributed by atoms with Gasteiger partial charge in [-0.2, -0.15) is 14.9 Å². The van der Waals surface area contributed by atoms with E-state index in [1.54, 1.807) is 60.7 Å². The molecule has 1 aliphatic rings. The van der Waals surface area contributed by atoms with Crippen molar-refractivity contribution < 1.29 is 9.53 Å². The van der Waals surface area contributed by atoms with Crippen molar-refractivity contribution in [2.75, 3.05) is 5.32 Å². The van der Waals surface area contributed by atoms with E-state index in [1.165, 1.54) is 10.7 Å². The number of nitrogens with zero attached hydrogens (tertiary/aromatic N) is 5. The Balaban J connectivity index is 1.65. The zero-order valence-corrected chi connectivity index (χ0v) is 21.9. The molecule has 196 valence electrons. The van der Waals surface area contributed by atoms with E-state index in [4.69, 9.17) is 33.7 Å². The maximum Gasteiger partial charge on any atom is 0.294 e. The summed E-state index contributed by atoms with van der Waals surface area (Å²) in [5.74, 6) is -2.28. The summed E-state index contributed by atoms with van der Waals surface area (Å²) in [7, 11) is 0. The van der Waals surface area contributed by atoms with E-state index in [1.807, 2.05) is 18.2 Å². The summed E-state index contributed by atoms with van der Waals surface area (Å²) < 4.78 is 8.14. The van der Waals surface area contributed by atoms with Crippen molar-refractivity contribution in [1.29, 1.82) is 5.26 Å². The zero-order valence-electron chi connectivity index (χ0n) is 20.4. The second-order valence-corrected chi connectivity index (χ2v) is 9.60. The number of aromatic nitrogens is 4. The standard InChI is InChI=1S/C28H17Cl2N7O3/c29-15-11-12-18(20(30)13-15)21-19(14-31)23(32)40-26-22(21)27(39)36-24(25(38)33-16-7-3-1-4-8-16)35-37(28(36)34-26)17-9-5-2-6-10-17/h1-13,21H,32H2,(H,33,38). The van der Waals surface area contributed by atoms with Gasteiger partial charge in [0.25, 0.3) is 11.5 Å². The molecule has 0 saturated carbocycles. The molecule has 0 radical (unpaired) electrons. The smallest absolute Gasteiger partial charge is 0.294 e. The molecule has 3 N–H and O–H groups in total. The van der Waals surface area contributed by atoms with Crippen molar-refractivity contribution in [2.45, 2.75) is 5.92 Å². The lowest BCUT2D eigenvalue weighted by Crippen LogP contribution is -2.32. The lowest BCUT2D eigenvalue weighted by molar-refractivity contribution is 0.101. The Bertz CT molecular complexity index is 1940. The first-order chi connectivity index (χ1) is 19.4. The maximum absolute atomic E-state index is 14.3. The van der Waals surface area contributed by atoms with Gasteiger partial charge in [0.2, 0.25) is 23.4 Å². The van der Waals surface area contributed by atoms with Crippen LogP contribution in [0.2, 0.25) is 10.0 Å². The number of nitriles is 1. The molecule has 6 rings (SSSR count). The zero-order chi connectivity index (χ0) is 28.0. The van der Waals surface area contributed by atoms with Gasteiger partial charge in [-0.1, -0.05) is 65.7 Å². The highest BCUT2D eigenvalue weighted by atomic mass is 35.5. The van der Waals surface area contributed by atoms with Crippen LogP contribution in [0.5, 0.6) is 5.88 Å². The van der Waals surface area contributed by atoms with Crippen molar-refractivity contribution in [3.8, 4) is 17.6 Å². The molecule has 1 unspecified atom stereocenters. The number of hydrogen-bond acceptors (Lipinski definition) is 7. The predicted octanol–water partition coefficient (Wildman–Crippen LogP) is 4.66. The summed E-state index contributed by atoms with van der Waals surface area (Å²) in [5.41, 5.74) is 6.80. The van der Waals surface area contributed by atoms with E-state index in [2.05, 4.69) is 15.4 Å². The molecule has 10 nitrogen and oxygen atoms in total. The van der Waals surface area contributed by atoms with Crippen molar-refractivity contribution in [1.82, 2.24) is 19.2 Å². The number of amides is 1. The number of hydrogen-bond donors (Lipinski definition) is 2. The molecule has 12 heteroatoms. The van der Waals surface area contributed by atoms with Crippen LogP contribution >= 0.6 is 23.2 Å². The number of allylic oxidation sites excluding steroid dienone is 1. The quantitative estimate of drug-likeness (QED) is 0.320. The molecular formula is C28H17Cl2N7O3. The van der Waals surface area contributed by atoms with Crippen LogP contribution in [0.15, 0.2) is 95.1 Å². The van der Waals surface area contributed by atoms with Gasteiger partial charge in [0.15, 0.2) is 0 Å². The highest BCUT2D eigenvalue weighted by Crippen LogP contribution is 2.42. The monoisotopic (exact) mass is 569 g/mol. The molecule has 1 atom stereocenters. The minimum absolute atomic E-state index is 0.00215. The fourth-order valence-electron chi connectivity index (χ4n) is 4.56. The van der Waals surface area contributed by atoms with Crippen LogP contribution in [-0.4, -0.2) is 25.1 Å². The topological polar surface area (TPSA) is 140 Å². The van der Waals surface area contributed by atoms with Crippen molar-refractivity contribution in [3.05, 3.63) is 128 Å². The molecule has 0 saturated heterocycles. The Hall–Kier alpha value is -5.11. The molecule has 3 heterocycles. The predicted molar refractivity (Wildman–Crippen MR) is 149 cm³/mol. The minimum Gasteiger partial charge on any atom is -0.422 e. The van der Waals surface area contributed by atoms with Crippen LogP contribution in [-0.2, 0) is 0 Å². The van der Waals surface area contributed by atoms with Gasteiger partial charge in [-0.15, -0.1) is 5.10 Å². The molecule has 40 heavy (non-hydrogen) atoms. The van der Waals surface area contributed by atoms with E-state index in [-0.39, 0.29) is 39.5 Å². The second kappa shape index (κ2) is 9.89. The van der Waals surface area contributed by atoms with E-state index < -0.39 is 17.4 Å². The molecule has 0 bridgehead atoms. The molecule has 1 amide bonds. The fraction of sp³-hybridized carbons (Fsp3) is 0.0357. The number of nitrogens with one attached hydrogen (secondary N) is 1. The molecule has 0 fully saturated rings. The number of rotatable bonds is 4. The number of benzene rings is 3. The van der Waals surface area contributed by atoms with Crippen LogP contribution in [0, 0.1) is 11.3 Å². The van der Waals surface area contributed by atoms with E-state index in [9.17, 15) is 14.9 Å². The van der Waals surface area contributed by atoms with Crippen LogP contribution in [0.4, 0.5) is 5.69 Å². The third kappa shape index (κ3) is 4.14. The van der Waals surface area contributed by atoms with E-state index in [0.29, 0.717) is 22.0 Å². The van der Waals surface area contributed by atoms with E-state index >= 15 is 0 Å². The molecule has 0 aliphatic carbocycles. The molecular weight excluding hydrogens is 553 g/mol. The first kappa shape index (κ1) is 25.2. The largest absolute Gasteiger partial charge is 0.422 e. The average molecular weight is 570 g/mol. The van der Waals surface area contributed by atoms with Gasteiger partial charge in [-0.3, -0.25) is 9.59 Å². The second-order valence-electron chi connectivity index (χ2n) is 8.75. The van der Waals surface area contributed by atoms with Crippen LogP contribution in [0.1, 0.15) is 27.7 Å². The Labute approximate surface area is 236 Å². The maximum atomic E-state index is 14.3. The third-order valence-corrected chi connectivity index (χ3v) is 6.90. The summed E-state index contributed by atoms with van der Waals surface area (Å²) in [6.45, 7) is 0. The molecule has 0 spiro atoms. The number of nitrogens with two attached hydrogens (primary N) is 1. The summed E-state index contributed by atoms with van der Waals surface area (Å²) in [6.07, 6.45) is 0. The van der Waals surface area contributed by atoms with Gasteiger partial charge in [0.1, 0.15) is 11.6 Å². The number of fused-ring (bicyclic) bond motifs is 2. The van der Waals surface area contributed by atoms with Gasteiger partial charge in [0.05, 0.1) is 17.2 Å². The van der Waals surface area contributed by atoms with Gasteiger partial charge in [0, 0.05) is 15.7 Å². The SMILES string of the molecule is N#CC1=C(N)Oc2nc3n(-c4ccccc4)nc(C(=O)Nc4ccccc4)n3c(=O)c2C1c1ccc(Cl)cc1Cl. The van der Waals surface area contributed by atoms with Gasteiger partial charge in [-0.05, 0) is 42.0 Å². The molecule has 2 aromatic heterocycles. The first-order valence-corrected chi connectivity index (χ1v) is 12.6. The number of para-hydroxylation sites is 2. The molecule has 1 aliphatic heterocycles. The Morgan fingerprint density at radius 1 is 1.05 bits per heavy atom. The molecule has 3 aromatic carbocycles. The number of anilines is 1. The summed E-state index contributed by atoms with van der Waals surface area (Å²) in [5, 5.41) is 17.8. The molecule has 5 aromatic rings. The Morgan fingerprint density at radius 2 is 1.75 bits per heavy atom. The van der Waals surface area contributed by atoms with Gasteiger partial charge >= 0.3 is 0 Å². The lowest BCUT2D eigenvalue weighted by Gasteiger charge is -2.25. The van der Waals surface area contributed by atoms with Crippen LogP contribution in [0.25, 0.3) is 11.5 Å². The Morgan fingerprint density at radius 3 is 2.42 bits per heavy atom. The van der Waals surface area contributed by atoms with Crippen molar-refractivity contribution in [2.24, 2.45) is 5.73 Å². The van der Waals surface area contributed by atoms with E-state index in [0.717, 1.165) is 4.40 Å². The number of halogens is 2. The summed E-state index contributed by atoms with van der Waals surface area (Å²) in [4.78, 5) is 32.4. The van der Waals surface area contributed by atoms with Crippen molar-refractivity contribution >= 4 is 40.6 Å².